The van der Waals surface area contributed by atoms with E-state index < -0.39 is 0 Å². The Morgan fingerprint density at radius 2 is 2.23 bits per heavy atom. The van der Waals surface area contributed by atoms with Crippen LogP contribution >= 0.6 is 11.6 Å². The molecule has 1 amide bonds. The highest BCUT2D eigenvalue weighted by Gasteiger charge is 2.27. The second kappa shape index (κ2) is 9.49. The minimum Gasteiger partial charge on any atom is -0.493 e. The Hall–Kier alpha value is -2.91. The first-order chi connectivity index (χ1) is 15.0. The van der Waals surface area contributed by atoms with Crippen LogP contribution in [0.4, 0.5) is 0 Å². The lowest BCUT2D eigenvalue weighted by atomic mass is 10.2. The molecular weight excluding hydrogens is 420 g/mol. The average Bonchev–Trinajstić information content (AvgIpc) is 3.34. The lowest BCUT2D eigenvalue weighted by molar-refractivity contribution is -0.140. The first-order valence-electron chi connectivity index (χ1n) is 10.2. The van der Waals surface area contributed by atoms with Crippen LogP contribution in [0.15, 0.2) is 30.3 Å². The molecule has 2 aromatic heterocycles. The number of carbonyl (C=O) groups is 1. The number of aryl methyl sites for hydroxylation is 2. The maximum Gasteiger partial charge on any atom is 0.244 e. The third-order valence-electron chi connectivity index (χ3n) is 5.08. The number of morpholine rings is 1. The fourth-order valence-electron chi connectivity index (χ4n) is 3.50. The molecule has 0 aliphatic carbocycles. The van der Waals surface area contributed by atoms with Crippen molar-refractivity contribution in [3.05, 3.63) is 58.4 Å². The molecule has 1 aromatic carbocycles. The number of nitrogens with zero attached hydrogens (tertiary/aromatic N) is 5. The summed E-state index contributed by atoms with van der Waals surface area (Å²) in [6.45, 7) is 5.79. The molecule has 1 aliphatic rings. The number of benzene rings is 1. The van der Waals surface area contributed by atoms with E-state index in [4.69, 9.17) is 21.1 Å². The van der Waals surface area contributed by atoms with Gasteiger partial charge in [0.2, 0.25) is 5.91 Å². The first-order valence-corrected chi connectivity index (χ1v) is 10.6. The van der Waals surface area contributed by atoms with Crippen LogP contribution in [0.25, 0.3) is 0 Å². The number of halogens is 1. The van der Waals surface area contributed by atoms with Gasteiger partial charge >= 0.3 is 0 Å². The molecule has 31 heavy (non-hydrogen) atoms. The molecule has 3 aromatic rings. The molecule has 0 radical (unpaired) electrons. The van der Waals surface area contributed by atoms with Crippen molar-refractivity contribution >= 4 is 17.5 Å². The van der Waals surface area contributed by atoms with Crippen molar-refractivity contribution in [1.82, 2.24) is 29.9 Å². The maximum atomic E-state index is 12.7. The first kappa shape index (κ1) is 21.3. The van der Waals surface area contributed by atoms with Gasteiger partial charge in [0.15, 0.2) is 0 Å². The van der Waals surface area contributed by atoms with Gasteiger partial charge in [-0.2, -0.15) is 10.2 Å². The van der Waals surface area contributed by atoms with Crippen molar-refractivity contribution in [2.75, 3.05) is 26.3 Å². The highest BCUT2D eigenvalue weighted by atomic mass is 35.5. The summed E-state index contributed by atoms with van der Waals surface area (Å²) in [4.78, 5) is 18.8. The fourth-order valence-corrected chi connectivity index (χ4v) is 3.68. The van der Waals surface area contributed by atoms with E-state index in [0.29, 0.717) is 43.6 Å². The van der Waals surface area contributed by atoms with E-state index in [1.807, 2.05) is 38.1 Å². The van der Waals surface area contributed by atoms with E-state index in [2.05, 4.69) is 20.3 Å². The summed E-state index contributed by atoms with van der Waals surface area (Å²) in [6.07, 6.45) is 0.398. The predicted molar refractivity (Wildman–Crippen MR) is 114 cm³/mol. The summed E-state index contributed by atoms with van der Waals surface area (Å²) in [5, 5.41) is 12.3. The second-order valence-electron chi connectivity index (χ2n) is 7.44. The van der Waals surface area contributed by atoms with Gasteiger partial charge in [-0.1, -0.05) is 17.7 Å². The third-order valence-corrected chi connectivity index (χ3v) is 5.32. The zero-order valence-electron chi connectivity index (χ0n) is 17.5. The van der Waals surface area contributed by atoms with Gasteiger partial charge < -0.3 is 14.4 Å². The topological polar surface area (TPSA) is 98.2 Å². The van der Waals surface area contributed by atoms with Crippen LogP contribution < -0.4 is 4.74 Å². The van der Waals surface area contributed by atoms with Crippen molar-refractivity contribution in [3.63, 3.8) is 0 Å². The molecule has 0 spiro atoms. The Morgan fingerprint density at radius 3 is 3.00 bits per heavy atom. The Kier molecular flexibility index (Phi) is 6.53. The van der Waals surface area contributed by atoms with Crippen LogP contribution in [0.1, 0.15) is 29.1 Å². The molecule has 9 nitrogen and oxygen atoms in total. The van der Waals surface area contributed by atoms with Crippen molar-refractivity contribution < 1.29 is 14.3 Å². The van der Waals surface area contributed by atoms with E-state index in [1.165, 1.54) is 0 Å². The fraction of sp³-hybridized carbons (Fsp3) is 0.429. The van der Waals surface area contributed by atoms with Gasteiger partial charge in [0.25, 0.3) is 0 Å². The quantitative estimate of drug-likeness (QED) is 0.601. The zero-order chi connectivity index (χ0) is 21.8. The Bertz CT molecular complexity index is 1050. The smallest absolute Gasteiger partial charge is 0.244 e. The van der Waals surface area contributed by atoms with Crippen molar-refractivity contribution in [2.45, 2.75) is 32.9 Å². The normalized spacial score (nSPS) is 16.5. The molecule has 1 N–H and O–H groups in total. The Labute approximate surface area is 185 Å². The largest absolute Gasteiger partial charge is 0.493 e. The molecule has 4 rings (SSSR count). The second-order valence-corrected chi connectivity index (χ2v) is 7.87. The zero-order valence-corrected chi connectivity index (χ0v) is 18.3. The molecule has 1 saturated heterocycles. The van der Waals surface area contributed by atoms with Gasteiger partial charge in [-0.05, 0) is 38.1 Å². The van der Waals surface area contributed by atoms with Crippen LogP contribution in [0, 0.1) is 13.8 Å². The van der Waals surface area contributed by atoms with E-state index >= 15 is 0 Å². The van der Waals surface area contributed by atoms with Crippen LogP contribution in [-0.4, -0.2) is 62.1 Å². The summed E-state index contributed by atoms with van der Waals surface area (Å²) >= 11 is 5.97. The number of hydrogen-bond donors (Lipinski definition) is 1. The van der Waals surface area contributed by atoms with Gasteiger partial charge in [0.1, 0.15) is 30.0 Å². The summed E-state index contributed by atoms with van der Waals surface area (Å²) in [7, 11) is 0. The Balaban J connectivity index is 1.30. The van der Waals surface area contributed by atoms with Gasteiger partial charge in [0, 0.05) is 23.7 Å². The highest BCUT2D eigenvalue weighted by Crippen LogP contribution is 2.22. The monoisotopic (exact) mass is 444 g/mol. The third kappa shape index (κ3) is 5.42. The van der Waals surface area contributed by atoms with Crippen LogP contribution in [-0.2, 0) is 22.5 Å². The molecule has 3 heterocycles. The molecule has 0 bridgehead atoms. The number of aromatic nitrogens is 5. The highest BCUT2D eigenvalue weighted by molar-refractivity contribution is 6.30. The van der Waals surface area contributed by atoms with E-state index in [-0.39, 0.29) is 18.6 Å². The van der Waals surface area contributed by atoms with Gasteiger partial charge in [-0.15, -0.1) is 0 Å². The summed E-state index contributed by atoms with van der Waals surface area (Å²) in [6, 6.07) is 9.27. The van der Waals surface area contributed by atoms with Crippen molar-refractivity contribution in [1.29, 1.82) is 0 Å². The van der Waals surface area contributed by atoms with E-state index in [9.17, 15) is 4.79 Å². The Morgan fingerprint density at radius 1 is 1.35 bits per heavy atom. The molecule has 0 saturated carbocycles. The van der Waals surface area contributed by atoms with Crippen molar-refractivity contribution in [3.8, 4) is 5.75 Å². The molecule has 1 atom stereocenters. The summed E-state index contributed by atoms with van der Waals surface area (Å²) < 4.78 is 13.2. The van der Waals surface area contributed by atoms with E-state index in [1.54, 1.807) is 15.6 Å². The van der Waals surface area contributed by atoms with Crippen LogP contribution in [0.2, 0.25) is 5.02 Å². The molecule has 164 valence electrons. The number of H-pyrrole nitrogens is 1. The summed E-state index contributed by atoms with van der Waals surface area (Å²) in [5.41, 5.74) is 1.72. The number of aromatic amines is 1. The number of carbonyl (C=O) groups excluding carboxylic acids is 1. The van der Waals surface area contributed by atoms with E-state index in [0.717, 1.165) is 23.0 Å². The molecule has 1 aliphatic heterocycles. The number of nitrogens with one attached hydrogen (secondary N) is 1. The number of rotatable bonds is 7. The standard InChI is InChI=1S/C21H25ClN6O3/c1-14-23-15(2)28(26-14)13-21(29)27-7-9-31-20(12-27)19-11-17(24-25-19)6-8-30-18-5-3-4-16(22)10-18/h3-5,10-11,20H,6-9,12-13H2,1-2H3,(H,24,25)/t20-/m0/s1. The average molecular weight is 445 g/mol. The molecule has 1 fully saturated rings. The van der Waals surface area contributed by atoms with Crippen molar-refractivity contribution in [2.24, 2.45) is 0 Å². The van der Waals surface area contributed by atoms with Crippen LogP contribution in [0.5, 0.6) is 5.75 Å². The lowest BCUT2D eigenvalue weighted by Crippen LogP contribution is -2.44. The minimum atomic E-state index is -0.268. The van der Waals surface area contributed by atoms with Gasteiger partial charge in [-0.3, -0.25) is 9.89 Å². The molecule has 10 heteroatoms. The minimum absolute atomic E-state index is 0.00742. The molecular formula is C21H25ClN6O3. The van der Waals surface area contributed by atoms with Crippen LogP contribution in [0.3, 0.4) is 0 Å². The number of ether oxygens (including phenoxy) is 2. The van der Waals surface area contributed by atoms with Gasteiger partial charge in [0.05, 0.1) is 25.5 Å². The predicted octanol–water partition coefficient (Wildman–Crippen LogP) is 2.49. The maximum absolute atomic E-state index is 12.7. The van der Waals surface area contributed by atoms with Gasteiger partial charge in [-0.25, -0.2) is 9.67 Å². The SMILES string of the molecule is Cc1nc(C)n(CC(=O)N2CCO[C@H](c3cc(CCOc4cccc(Cl)c4)[nH]n3)C2)n1. The summed E-state index contributed by atoms with van der Waals surface area (Å²) in [5.74, 6) is 2.11. The lowest BCUT2D eigenvalue weighted by Gasteiger charge is -2.32. The number of hydrogen-bond acceptors (Lipinski definition) is 6. The number of amides is 1. The molecule has 0 unspecified atom stereocenters.